The molecule has 2 aromatic rings. The number of para-hydroxylation sites is 2. The minimum absolute atomic E-state index is 0.000842. The monoisotopic (exact) mass is 348 g/mol. The van der Waals surface area contributed by atoms with Crippen molar-refractivity contribution in [2.75, 3.05) is 31.3 Å². The number of nitrogen functional groups attached to an aromatic ring is 1. The zero-order valence-electron chi connectivity index (χ0n) is 13.6. The average Bonchev–Trinajstić information content (AvgIpc) is 2.57. The number of nitro benzene ring substituents is 1. The minimum atomic E-state index is -0.733. The number of carbonyl (C=O) groups is 1. The lowest BCUT2D eigenvalue weighted by atomic mass is 10.3. The molecular weight excluding hydrogens is 332 g/mol. The lowest BCUT2D eigenvalue weighted by Crippen LogP contribution is -2.19. The van der Waals surface area contributed by atoms with Crippen LogP contribution < -0.4 is 15.4 Å². The second-order valence-corrected chi connectivity index (χ2v) is 4.98. The van der Waals surface area contributed by atoms with E-state index in [9.17, 15) is 14.9 Å². The van der Waals surface area contributed by atoms with E-state index in [0.717, 1.165) is 0 Å². The summed E-state index contributed by atoms with van der Waals surface area (Å²) >= 11 is 0. The molecule has 0 fully saturated rings. The third kappa shape index (κ3) is 4.99. The summed E-state index contributed by atoms with van der Waals surface area (Å²) in [6.07, 6.45) is 0. The van der Waals surface area contributed by atoms with Crippen LogP contribution in [0.4, 0.5) is 17.6 Å². The van der Waals surface area contributed by atoms with Gasteiger partial charge < -0.3 is 20.1 Å². The summed E-state index contributed by atoms with van der Waals surface area (Å²) in [5, 5.41) is 10.9. The van der Waals surface area contributed by atoms with Crippen LogP contribution in [-0.2, 0) is 16.1 Å². The number of benzene rings is 1. The molecule has 0 amide bonds. The number of hydrogen-bond acceptors (Lipinski definition) is 10. The molecule has 0 aliphatic carbocycles. The average molecular weight is 348 g/mol. The molecule has 0 spiro atoms. The molecule has 0 atom stereocenters. The van der Waals surface area contributed by atoms with E-state index in [-0.39, 0.29) is 29.8 Å². The number of esters is 1. The molecule has 132 valence electrons. The van der Waals surface area contributed by atoms with E-state index in [1.807, 2.05) is 0 Å². The van der Waals surface area contributed by atoms with Crippen molar-refractivity contribution in [1.82, 2.24) is 15.0 Å². The van der Waals surface area contributed by atoms with Gasteiger partial charge in [0.1, 0.15) is 0 Å². The van der Waals surface area contributed by atoms with Gasteiger partial charge in [0.15, 0.2) is 24.8 Å². The van der Waals surface area contributed by atoms with Gasteiger partial charge in [0.05, 0.1) is 4.92 Å². The van der Waals surface area contributed by atoms with E-state index in [1.54, 1.807) is 25.1 Å². The smallest absolute Gasteiger partial charge is 0.344 e. The molecule has 2 N–H and O–H groups in total. The summed E-state index contributed by atoms with van der Waals surface area (Å²) in [6.45, 7) is -0.724. The zero-order valence-corrected chi connectivity index (χ0v) is 13.6. The summed E-state index contributed by atoms with van der Waals surface area (Å²) in [6, 6.07) is 5.72. The third-order valence-electron chi connectivity index (χ3n) is 2.86. The Hall–Kier alpha value is -3.50. The number of nitro groups is 1. The summed E-state index contributed by atoms with van der Waals surface area (Å²) in [5.41, 5.74) is 5.33. The van der Waals surface area contributed by atoms with Gasteiger partial charge in [0.2, 0.25) is 11.9 Å². The first kappa shape index (κ1) is 17.8. The molecule has 0 bridgehead atoms. The highest BCUT2D eigenvalue weighted by Crippen LogP contribution is 2.25. The minimum Gasteiger partial charge on any atom is -0.475 e. The Morgan fingerprint density at radius 2 is 2.00 bits per heavy atom. The first-order chi connectivity index (χ1) is 11.9. The number of ether oxygens (including phenoxy) is 2. The largest absolute Gasteiger partial charge is 0.475 e. The van der Waals surface area contributed by atoms with E-state index < -0.39 is 17.5 Å². The normalized spacial score (nSPS) is 10.2. The topological polar surface area (TPSA) is 147 Å². The van der Waals surface area contributed by atoms with E-state index in [0.29, 0.717) is 5.95 Å². The first-order valence-electron chi connectivity index (χ1n) is 7.06. The third-order valence-corrected chi connectivity index (χ3v) is 2.86. The van der Waals surface area contributed by atoms with Crippen molar-refractivity contribution in [2.24, 2.45) is 0 Å². The number of hydrogen-bond donors (Lipinski definition) is 1. The molecule has 11 nitrogen and oxygen atoms in total. The van der Waals surface area contributed by atoms with Gasteiger partial charge in [-0.25, -0.2) is 4.79 Å². The molecule has 0 saturated carbocycles. The van der Waals surface area contributed by atoms with Gasteiger partial charge >= 0.3 is 11.7 Å². The van der Waals surface area contributed by atoms with Crippen LogP contribution in [0.15, 0.2) is 24.3 Å². The van der Waals surface area contributed by atoms with Crippen LogP contribution in [0.25, 0.3) is 0 Å². The summed E-state index contributed by atoms with van der Waals surface area (Å²) < 4.78 is 10.1. The van der Waals surface area contributed by atoms with Gasteiger partial charge in [-0.05, 0) is 6.07 Å². The Morgan fingerprint density at radius 1 is 1.28 bits per heavy atom. The van der Waals surface area contributed by atoms with Gasteiger partial charge in [-0.15, -0.1) is 0 Å². The van der Waals surface area contributed by atoms with E-state index in [4.69, 9.17) is 15.2 Å². The number of anilines is 2. The number of aromatic nitrogens is 3. The summed E-state index contributed by atoms with van der Waals surface area (Å²) in [7, 11) is 3.45. The van der Waals surface area contributed by atoms with Crippen LogP contribution in [0.1, 0.15) is 5.82 Å². The predicted octanol–water partition coefficient (Wildman–Crippen LogP) is 0.550. The lowest BCUT2D eigenvalue weighted by molar-refractivity contribution is -0.385. The van der Waals surface area contributed by atoms with Gasteiger partial charge in [-0.1, -0.05) is 12.1 Å². The van der Waals surface area contributed by atoms with Crippen LogP contribution >= 0.6 is 0 Å². The zero-order chi connectivity index (χ0) is 18.4. The van der Waals surface area contributed by atoms with Crippen molar-refractivity contribution >= 4 is 23.6 Å². The van der Waals surface area contributed by atoms with Crippen molar-refractivity contribution in [3.63, 3.8) is 0 Å². The molecule has 1 heterocycles. The molecule has 0 aliphatic rings. The van der Waals surface area contributed by atoms with Crippen LogP contribution in [0.3, 0.4) is 0 Å². The Labute approximate surface area is 142 Å². The Balaban J connectivity index is 1.93. The highest BCUT2D eigenvalue weighted by atomic mass is 16.6. The SMILES string of the molecule is CN(C)c1nc(N)nc(COC(=O)COc2ccccc2[N+](=O)[O-])n1. The van der Waals surface area contributed by atoms with Crippen LogP contribution in [0, 0.1) is 10.1 Å². The van der Waals surface area contributed by atoms with Gasteiger partial charge in [0, 0.05) is 20.2 Å². The molecule has 0 radical (unpaired) electrons. The number of carbonyl (C=O) groups excluding carboxylic acids is 1. The molecule has 0 aliphatic heterocycles. The van der Waals surface area contributed by atoms with E-state index in [2.05, 4.69) is 15.0 Å². The fourth-order valence-electron chi connectivity index (χ4n) is 1.74. The van der Waals surface area contributed by atoms with Crippen molar-refractivity contribution in [1.29, 1.82) is 0 Å². The van der Waals surface area contributed by atoms with Crippen molar-refractivity contribution in [2.45, 2.75) is 6.61 Å². The van der Waals surface area contributed by atoms with E-state index in [1.165, 1.54) is 18.2 Å². The molecular formula is C14H16N6O5. The van der Waals surface area contributed by atoms with E-state index >= 15 is 0 Å². The Morgan fingerprint density at radius 3 is 2.68 bits per heavy atom. The highest BCUT2D eigenvalue weighted by Gasteiger charge is 2.16. The maximum absolute atomic E-state index is 11.7. The standard InChI is InChI=1S/C14H16N6O5/c1-19(2)14-17-11(16-13(15)18-14)7-25-12(21)8-24-10-6-4-3-5-9(10)20(22)23/h3-6H,7-8H2,1-2H3,(H2,15,16,17,18). The Bertz CT molecular complexity index is 782. The predicted molar refractivity (Wildman–Crippen MR) is 87.0 cm³/mol. The summed E-state index contributed by atoms with van der Waals surface area (Å²) in [5.74, 6) is -0.252. The molecule has 25 heavy (non-hydrogen) atoms. The summed E-state index contributed by atoms with van der Waals surface area (Å²) in [4.78, 5) is 35.5. The molecule has 2 rings (SSSR count). The number of nitrogens with two attached hydrogens (primary N) is 1. The second kappa shape index (κ2) is 7.86. The molecule has 11 heteroatoms. The molecule has 1 aromatic heterocycles. The van der Waals surface area contributed by atoms with Crippen molar-refractivity contribution < 1.29 is 19.2 Å². The molecule has 0 saturated heterocycles. The van der Waals surface area contributed by atoms with Gasteiger partial charge in [-0.3, -0.25) is 10.1 Å². The fraction of sp³-hybridized carbons (Fsp3) is 0.286. The maximum atomic E-state index is 11.7. The fourth-order valence-corrected chi connectivity index (χ4v) is 1.74. The number of rotatable bonds is 7. The Kier molecular flexibility index (Phi) is 5.61. The number of nitrogens with zero attached hydrogens (tertiary/aromatic N) is 5. The maximum Gasteiger partial charge on any atom is 0.344 e. The first-order valence-corrected chi connectivity index (χ1v) is 7.06. The lowest BCUT2D eigenvalue weighted by Gasteiger charge is -2.11. The van der Waals surface area contributed by atoms with Gasteiger partial charge in [0.25, 0.3) is 0 Å². The van der Waals surface area contributed by atoms with Crippen molar-refractivity contribution in [3.05, 3.63) is 40.2 Å². The van der Waals surface area contributed by atoms with Crippen LogP contribution in [-0.4, -0.2) is 46.5 Å². The molecule has 1 aromatic carbocycles. The second-order valence-electron chi connectivity index (χ2n) is 4.98. The quantitative estimate of drug-likeness (QED) is 0.427. The van der Waals surface area contributed by atoms with Crippen molar-refractivity contribution in [3.8, 4) is 5.75 Å². The highest BCUT2D eigenvalue weighted by molar-refractivity contribution is 5.71. The van der Waals surface area contributed by atoms with Crippen LogP contribution in [0.5, 0.6) is 5.75 Å². The molecule has 0 unspecified atom stereocenters. The van der Waals surface area contributed by atoms with Gasteiger partial charge in [-0.2, -0.15) is 15.0 Å². The van der Waals surface area contributed by atoms with Crippen LogP contribution in [0.2, 0.25) is 0 Å².